The number of anilines is 1. The summed E-state index contributed by atoms with van der Waals surface area (Å²) in [6, 6.07) is 27.0. The van der Waals surface area contributed by atoms with Gasteiger partial charge in [0.1, 0.15) is 17.1 Å². The van der Waals surface area contributed by atoms with Crippen molar-refractivity contribution in [2.45, 2.75) is 31.1 Å². The van der Waals surface area contributed by atoms with Crippen molar-refractivity contribution in [1.29, 1.82) is 0 Å². The van der Waals surface area contributed by atoms with E-state index in [2.05, 4.69) is 0 Å². The Morgan fingerprint density at radius 3 is 2.18 bits per heavy atom. The Labute approximate surface area is 293 Å². The van der Waals surface area contributed by atoms with Crippen molar-refractivity contribution in [3.63, 3.8) is 0 Å². The zero-order chi connectivity index (χ0) is 35.8. The maximum absolute atomic E-state index is 15.1. The van der Waals surface area contributed by atoms with Crippen LogP contribution >= 0.6 is 0 Å². The number of Topliss-reactive ketones (excluding diaryl/α,β-unsaturated/α-hetero) is 1. The molecule has 0 spiro atoms. The number of ketones is 2. The summed E-state index contributed by atoms with van der Waals surface area (Å²) in [7, 11) is 0. The van der Waals surface area contributed by atoms with Gasteiger partial charge in [0.05, 0.1) is 22.9 Å². The third-order valence-electron chi connectivity index (χ3n) is 11.4. The van der Waals surface area contributed by atoms with E-state index >= 15 is 4.79 Å². The Morgan fingerprint density at radius 1 is 0.804 bits per heavy atom. The van der Waals surface area contributed by atoms with Gasteiger partial charge >= 0.3 is 5.97 Å². The van der Waals surface area contributed by atoms with Crippen molar-refractivity contribution < 1.29 is 39.3 Å². The molecule has 0 radical (unpaired) electrons. The van der Waals surface area contributed by atoms with E-state index in [4.69, 9.17) is 0 Å². The summed E-state index contributed by atoms with van der Waals surface area (Å²) in [5, 5.41) is 30.4. The number of phenolic OH excluding ortho intramolecular Hbond substituents is 1. The number of aromatic carboxylic acids is 1. The molecule has 1 saturated heterocycles. The Hall–Kier alpha value is -6.09. The van der Waals surface area contributed by atoms with E-state index in [0.29, 0.717) is 27.8 Å². The number of rotatable bonds is 5. The normalized spacial score (nSPS) is 26.9. The molecule has 1 aliphatic heterocycles. The number of hydrogen-bond donors (Lipinski definition) is 3. The highest BCUT2D eigenvalue weighted by Crippen LogP contribution is 2.64. The monoisotopic (exact) mass is 679 g/mol. The van der Waals surface area contributed by atoms with Gasteiger partial charge in [-0.05, 0) is 72.2 Å². The van der Waals surface area contributed by atoms with Gasteiger partial charge in [0.25, 0.3) is 0 Å². The predicted molar refractivity (Wildman–Crippen MR) is 187 cm³/mol. The Bertz CT molecular complexity index is 2240. The van der Waals surface area contributed by atoms with Gasteiger partial charge in [0.2, 0.25) is 11.8 Å². The molecule has 2 amide bonds. The lowest BCUT2D eigenvalue weighted by molar-refractivity contribution is -0.135. The lowest BCUT2D eigenvalue weighted by atomic mass is 9.44. The molecule has 0 bridgehead atoms. The number of aryl methyl sites for hydroxylation is 1. The van der Waals surface area contributed by atoms with Crippen LogP contribution in [0, 0.1) is 30.6 Å². The first kappa shape index (κ1) is 32.1. The van der Waals surface area contributed by atoms with Gasteiger partial charge < -0.3 is 15.3 Å². The molecule has 0 aromatic heterocycles. The topological polar surface area (TPSA) is 149 Å². The van der Waals surface area contributed by atoms with Crippen molar-refractivity contribution in [1.82, 2.24) is 0 Å². The zero-order valence-corrected chi connectivity index (χ0v) is 27.5. The van der Waals surface area contributed by atoms with E-state index in [1.807, 2.05) is 48.5 Å². The quantitative estimate of drug-likeness (QED) is 0.168. The first-order valence-corrected chi connectivity index (χ1v) is 16.9. The Morgan fingerprint density at radius 2 is 1.51 bits per heavy atom. The number of allylic oxidation sites excluding steroid dienone is 4. The number of carbonyl (C=O) groups is 5. The van der Waals surface area contributed by atoms with Crippen molar-refractivity contribution in [3.05, 3.63) is 143 Å². The molecule has 1 heterocycles. The largest absolute Gasteiger partial charge is 0.508 e. The number of benzene rings is 4. The first-order chi connectivity index (χ1) is 24.5. The van der Waals surface area contributed by atoms with Crippen LogP contribution in [0.15, 0.2) is 115 Å². The number of aromatic hydroxyl groups is 2. The van der Waals surface area contributed by atoms with E-state index in [1.165, 1.54) is 12.1 Å². The maximum Gasteiger partial charge on any atom is 0.339 e. The molecule has 8 rings (SSSR count). The third-order valence-corrected chi connectivity index (χ3v) is 11.4. The van der Waals surface area contributed by atoms with Crippen LogP contribution in [0.25, 0.3) is 5.57 Å². The molecule has 3 N–H and O–H groups in total. The summed E-state index contributed by atoms with van der Waals surface area (Å²) in [5.74, 6) is -7.17. The average molecular weight is 680 g/mol. The summed E-state index contributed by atoms with van der Waals surface area (Å²) < 4.78 is 0. The van der Waals surface area contributed by atoms with Gasteiger partial charge in [0, 0.05) is 23.5 Å². The van der Waals surface area contributed by atoms with Crippen molar-refractivity contribution in [2.75, 3.05) is 4.90 Å². The van der Waals surface area contributed by atoms with Gasteiger partial charge in [0.15, 0.2) is 11.6 Å². The van der Waals surface area contributed by atoms with Gasteiger partial charge in [-0.1, -0.05) is 84.4 Å². The number of phenols is 2. The van der Waals surface area contributed by atoms with Crippen LogP contribution in [-0.2, 0) is 24.6 Å². The second-order valence-electron chi connectivity index (χ2n) is 13.9. The van der Waals surface area contributed by atoms with E-state index in [9.17, 15) is 34.5 Å². The molecule has 2 fully saturated rings. The zero-order valence-electron chi connectivity index (χ0n) is 27.5. The fourth-order valence-electron chi connectivity index (χ4n) is 9.20. The van der Waals surface area contributed by atoms with E-state index in [1.54, 1.807) is 43.3 Å². The second kappa shape index (κ2) is 11.8. The van der Waals surface area contributed by atoms with Crippen molar-refractivity contribution >= 4 is 40.6 Å². The summed E-state index contributed by atoms with van der Waals surface area (Å²) in [6.45, 7) is 1.76. The smallest absolute Gasteiger partial charge is 0.339 e. The highest BCUT2D eigenvalue weighted by atomic mass is 16.4. The second-order valence-corrected chi connectivity index (χ2v) is 13.9. The van der Waals surface area contributed by atoms with Gasteiger partial charge in [-0.3, -0.25) is 19.2 Å². The van der Waals surface area contributed by atoms with E-state index in [0.717, 1.165) is 22.6 Å². The standard InChI is InChI=1S/C42H33NO8/c1-22-18-24(12-17-33(22)44)37-27-15-16-29-36(40(49)43(39(29)48)26-13-14-28(41(50)51)34(45)19-26)31(27)20-32-38(47)30(23-8-4-2-5-9-23)21-35(46)42(32,37)25-10-6-3-7-11-25/h2-15,17-19,21,29,31-32,36-37,44-45H,16,20H2,1H3,(H,50,51). The Balaban J connectivity index is 1.33. The number of carbonyl (C=O) groups excluding carboxylic acids is 4. The summed E-state index contributed by atoms with van der Waals surface area (Å²) in [6.07, 6.45) is 3.74. The lowest BCUT2D eigenvalue weighted by Gasteiger charge is -2.55. The molecular formula is C42H33NO8. The minimum absolute atomic E-state index is 0.0572. The van der Waals surface area contributed by atoms with Crippen LogP contribution in [-0.4, -0.2) is 44.7 Å². The molecule has 1 saturated carbocycles. The number of carboxylic acid groups (broad SMARTS) is 1. The molecule has 51 heavy (non-hydrogen) atoms. The SMILES string of the molecule is Cc1cc(C2C3=CCC4C(=O)N(c5ccc(C(=O)O)c(O)c5)C(=O)C4C3CC3C(=O)C(c4ccccc4)=CC(=O)C32c2ccccc2)ccc1O. The average Bonchev–Trinajstić information content (AvgIpc) is 3.39. The van der Waals surface area contributed by atoms with Crippen molar-refractivity contribution in [2.24, 2.45) is 23.7 Å². The molecule has 9 heteroatoms. The predicted octanol–water partition coefficient (Wildman–Crippen LogP) is 6.13. The molecule has 4 aromatic rings. The fraction of sp³-hybridized carbons (Fsp3) is 0.214. The van der Waals surface area contributed by atoms with Crippen LogP contribution in [0.5, 0.6) is 11.5 Å². The first-order valence-electron chi connectivity index (χ1n) is 16.9. The van der Waals surface area contributed by atoms with Crippen LogP contribution < -0.4 is 4.90 Å². The summed E-state index contributed by atoms with van der Waals surface area (Å²) in [5.41, 5.74) is 1.95. The van der Waals surface area contributed by atoms with Gasteiger partial charge in [-0.25, -0.2) is 9.69 Å². The number of hydrogen-bond acceptors (Lipinski definition) is 7. The molecule has 3 aliphatic carbocycles. The molecule has 4 aromatic carbocycles. The van der Waals surface area contributed by atoms with Gasteiger partial charge in [-0.15, -0.1) is 0 Å². The lowest BCUT2D eigenvalue weighted by Crippen LogP contribution is -2.58. The highest BCUT2D eigenvalue weighted by molar-refractivity contribution is 6.32. The summed E-state index contributed by atoms with van der Waals surface area (Å²) >= 11 is 0. The van der Waals surface area contributed by atoms with Crippen LogP contribution in [0.3, 0.4) is 0 Å². The molecular weight excluding hydrogens is 646 g/mol. The fourth-order valence-corrected chi connectivity index (χ4v) is 9.20. The molecule has 4 aliphatic rings. The number of carboxylic acids is 1. The van der Waals surface area contributed by atoms with E-state index < -0.39 is 58.5 Å². The number of fused-ring (bicyclic) bond motifs is 4. The van der Waals surface area contributed by atoms with Crippen LogP contribution in [0.2, 0.25) is 0 Å². The molecule has 9 nitrogen and oxygen atoms in total. The number of nitrogens with zero attached hydrogens (tertiary/aromatic N) is 1. The highest BCUT2D eigenvalue weighted by Gasteiger charge is 2.66. The minimum atomic E-state index is -1.39. The van der Waals surface area contributed by atoms with Crippen molar-refractivity contribution in [3.8, 4) is 11.5 Å². The Kier molecular flexibility index (Phi) is 7.41. The van der Waals surface area contributed by atoms with Crippen LogP contribution in [0.1, 0.15) is 51.4 Å². The number of amides is 2. The third kappa shape index (κ3) is 4.64. The maximum atomic E-state index is 15.1. The molecule has 254 valence electrons. The summed E-state index contributed by atoms with van der Waals surface area (Å²) in [4.78, 5) is 71.2. The molecule has 6 unspecified atom stereocenters. The minimum Gasteiger partial charge on any atom is -0.508 e. The number of imide groups is 1. The van der Waals surface area contributed by atoms with E-state index in [-0.39, 0.29) is 41.4 Å². The van der Waals surface area contributed by atoms with Crippen LogP contribution in [0.4, 0.5) is 5.69 Å². The molecule has 6 atom stereocenters. The van der Waals surface area contributed by atoms with Gasteiger partial charge in [-0.2, -0.15) is 0 Å².